The summed E-state index contributed by atoms with van der Waals surface area (Å²) in [7, 11) is 0. The Kier molecular flexibility index (Phi) is 6.33. The number of hydrogen-bond donors (Lipinski definition) is 2. The van der Waals surface area contributed by atoms with E-state index in [1.807, 2.05) is 6.07 Å². The second kappa shape index (κ2) is 7.85. The molecule has 1 aromatic carbocycles. The second-order valence-corrected chi connectivity index (χ2v) is 4.48. The van der Waals surface area contributed by atoms with Crippen molar-refractivity contribution in [3.05, 3.63) is 48.6 Å². The molecule has 1 aromatic rings. The minimum absolute atomic E-state index is 0.375. The Morgan fingerprint density at radius 2 is 2.12 bits per heavy atom. The number of benzene rings is 1. The maximum Gasteiger partial charge on any atom is 0.166 e. The lowest BCUT2D eigenvalue weighted by Gasteiger charge is -2.16. The summed E-state index contributed by atoms with van der Waals surface area (Å²) in [6, 6.07) is 10.9. The smallest absolute Gasteiger partial charge is 0.166 e. The minimum Gasteiger partial charge on any atom is -0.360 e. The average Bonchev–Trinajstić information content (AvgIpc) is 2.35. The van der Waals surface area contributed by atoms with Gasteiger partial charge in [0.15, 0.2) is 5.11 Å². The molecule has 0 aliphatic heterocycles. The summed E-state index contributed by atoms with van der Waals surface area (Å²) in [5.41, 5.74) is 1.37. The monoisotopic (exact) mass is 248 g/mol. The van der Waals surface area contributed by atoms with E-state index in [9.17, 15) is 0 Å². The van der Waals surface area contributed by atoms with Crippen LogP contribution in [0.5, 0.6) is 0 Å². The number of hydrogen-bond acceptors (Lipinski definition) is 1. The molecule has 3 heteroatoms. The van der Waals surface area contributed by atoms with E-state index < -0.39 is 0 Å². The van der Waals surface area contributed by atoms with Crippen molar-refractivity contribution in [2.75, 3.05) is 6.54 Å². The Hall–Kier alpha value is -1.35. The quantitative estimate of drug-likeness (QED) is 0.598. The maximum absolute atomic E-state index is 5.16. The van der Waals surface area contributed by atoms with Gasteiger partial charge in [0, 0.05) is 12.6 Å². The van der Waals surface area contributed by atoms with Gasteiger partial charge in [0.05, 0.1) is 0 Å². The lowest BCUT2D eigenvalue weighted by Crippen LogP contribution is -2.40. The summed E-state index contributed by atoms with van der Waals surface area (Å²) in [6.07, 6.45) is 3.93. The van der Waals surface area contributed by atoms with Gasteiger partial charge < -0.3 is 10.6 Å². The van der Waals surface area contributed by atoms with E-state index in [-0.39, 0.29) is 0 Å². The van der Waals surface area contributed by atoms with E-state index in [0.29, 0.717) is 17.7 Å². The Labute approximate surface area is 109 Å². The first-order valence-electron chi connectivity index (χ1n) is 5.91. The highest BCUT2D eigenvalue weighted by molar-refractivity contribution is 7.80. The van der Waals surface area contributed by atoms with Gasteiger partial charge in [-0.2, -0.15) is 0 Å². The Morgan fingerprint density at radius 3 is 2.76 bits per heavy atom. The molecule has 0 saturated heterocycles. The molecule has 1 unspecified atom stereocenters. The maximum atomic E-state index is 5.16. The van der Waals surface area contributed by atoms with E-state index in [1.165, 1.54) is 5.56 Å². The zero-order valence-electron chi connectivity index (χ0n) is 10.3. The first-order chi connectivity index (χ1) is 8.22. The van der Waals surface area contributed by atoms with Crippen LogP contribution in [0.15, 0.2) is 43.0 Å². The molecule has 0 amide bonds. The van der Waals surface area contributed by atoms with E-state index in [1.54, 1.807) is 6.08 Å². The highest BCUT2D eigenvalue weighted by Crippen LogP contribution is 2.04. The third-order valence-electron chi connectivity index (χ3n) is 2.49. The third-order valence-corrected chi connectivity index (χ3v) is 2.76. The molecule has 0 fully saturated rings. The van der Waals surface area contributed by atoms with Crippen LogP contribution in [-0.2, 0) is 6.42 Å². The van der Waals surface area contributed by atoms with Crippen molar-refractivity contribution in [1.82, 2.24) is 10.6 Å². The number of nitrogens with one attached hydrogen (secondary N) is 2. The van der Waals surface area contributed by atoms with Crippen LogP contribution in [0.2, 0.25) is 0 Å². The molecule has 0 saturated carbocycles. The van der Waals surface area contributed by atoms with Crippen molar-refractivity contribution in [3.8, 4) is 0 Å². The van der Waals surface area contributed by atoms with Gasteiger partial charge in [-0.05, 0) is 37.5 Å². The predicted octanol–water partition coefficient (Wildman–Crippen LogP) is 2.66. The van der Waals surface area contributed by atoms with Crippen molar-refractivity contribution in [2.24, 2.45) is 0 Å². The fraction of sp³-hybridized carbons (Fsp3) is 0.357. The fourth-order valence-corrected chi connectivity index (χ4v) is 1.82. The lowest BCUT2D eigenvalue weighted by atomic mass is 10.1. The van der Waals surface area contributed by atoms with Crippen molar-refractivity contribution in [1.29, 1.82) is 0 Å². The molecule has 1 atom stereocenters. The van der Waals surface area contributed by atoms with Gasteiger partial charge in [-0.15, -0.1) is 6.58 Å². The highest BCUT2D eigenvalue weighted by atomic mass is 32.1. The first-order valence-corrected chi connectivity index (χ1v) is 6.32. The summed E-state index contributed by atoms with van der Waals surface area (Å²) in [5, 5.41) is 7.02. The van der Waals surface area contributed by atoms with Gasteiger partial charge >= 0.3 is 0 Å². The second-order valence-electron chi connectivity index (χ2n) is 4.07. The number of rotatable bonds is 6. The molecule has 0 bridgehead atoms. The van der Waals surface area contributed by atoms with Crippen LogP contribution in [-0.4, -0.2) is 17.7 Å². The predicted molar refractivity (Wildman–Crippen MR) is 78.2 cm³/mol. The van der Waals surface area contributed by atoms with Crippen LogP contribution >= 0.6 is 12.2 Å². The zero-order chi connectivity index (χ0) is 12.5. The molecule has 0 spiro atoms. The molecule has 92 valence electrons. The van der Waals surface area contributed by atoms with Crippen molar-refractivity contribution in [3.63, 3.8) is 0 Å². The normalized spacial score (nSPS) is 11.6. The molecular weight excluding hydrogens is 228 g/mol. The average molecular weight is 248 g/mol. The Morgan fingerprint density at radius 1 is 1.41 bits per heavy atom. The van der Waals surface area contributed by atoms with Gasteiger partial charge in [-0.25, -0.2) is 0 Å². The van der Waals surface area contributed by atoms with Gasteiger partial charge in [0.25, 0.3) is 0 Å². The zero-order valence-corrected chi connectivity index (χ0v) is 11.1. The van der Waals surface area contributed by atoms with Gasteiger partial charge in [-0.1, -0.05) is 36.4 Å². The summed E-state index contributed by atoms with van der Waals surface area (Å²) >= 11 is 5.16. The van der Waals surface area contributed by atoms with Crippen LogP contribution in [0.4, 0.5) is 0 Å². The van der Waals surface area contributed by atoms with Crippen molar-refractivity contribution < 1.29 is 0 Å². The topological polar surface area (TPSA) is 24.1 Å². The summed E-state index contributed by atoms with van der Waals surface area (Å²) in [4.78, 5) is 0. The summed E-state index contributed by atoms with van der Waals surface area (Å²) in [5.74, 6) is 0. The molecule has 2 nitrogen and oxygen atoms in total. The molecule has 0 heterocycles. The van der Waals surface area contributed by atoms with Gasteiger partial charge in [0.1, 0.15) is 0 Å². The van der Waals surface area contributed by atoms with Gasteiger partial charge in [-0.3, -0.25) is 0 Å². The molecule has 17 heavy (non-hydrogen) atoms. The SMILES string of the molecule is C=CCNC(=S)NC(C)CCc1ccccc1. The lowest BCUT2D eigenvalue weighted by molar-refractivity contribution is 0.602. The summed E-state index contributed by atoms with van der Waals surface area (Å²) < 4.78 is 0. The standard InChI is InChI=1S/C14H20N2S/c1-3-11-15-14(17)16-12(2)9-10-13-7-5-4-6-8-13/h3-8,12H,1,9-11H2,2H3,(H2,15,16,17). The fourth-order valence-electron chi connectivity index (χ4n) is 1.54. The third kappa shape index (κ3) is 6.07. The van der Waals surface area contributed by atoms with Crippen LogP contribution in [0.1, 0.15) is 18.9 Å². The highest BCUT2D eigenvalue weighted by Gasteiger charge is 2.03. The summed E-state index contributed by atoms with van der Waals surface area (Å²) in [6.45, 7) is 6.49. The largest absolute Gasteiger partial charge is 0.360 e. The van der Waals surface area contributed by atoms with Crippen molar-refractivity contribution >= 4 is 17.3 Å². The van der Waals surface area contributed by atoms with E-state index >= 15 is 0 Å². The van der Waals surface area contributed by atoms with Crippen LogP contribution < -0.4 is 10.6 Å². The molecule has 1 rings (SSSR count). The first kappa shape index (κ1) is 13.7. The molecule has 0 aliphatic rings. The van der Waals surface area contributed by atoms with E-state index in [4.69, 9.17) is 12.2 Å². The van der Waals surface area contributed by atoms with Crippen LogP contribution in [0.3, 0.4) is 0 Å². The number of aryl methyl sites for hydroxylation is 1. The Balaban J connectivity index is 2.23. The van der Waals surface area contributed by atoms with E-state index in [0.717, 1.165) is 12.8 Å². The molecule has 0 radical (unpaired) electrons. The molecule has 0 aliphatic carbocycles. The van der Waals surface area contributed by atoms with Crippen LogP contribution in [0.25, 0.3) is 0 Å². The molecule has 0 aromatic heterocycles. The van der Waals surface area contributed by atoms with Gasteiger partial charge in [0.2, 0.25) is 0 Å². The van der Waals surface area contributed by atoms with Crippen molar-refractivity contribution in [2.45, 2.75) is 25.8 Å². The number of thiocarbonyl (C=S) groups is 1. The van der Waals surface area contributed by atoms with Crippen LogP contribution in [0, 0.1) is 0 Å². The van der Waals surface area contributed by atoms with E-state index in [2.05, 4.69) is 48.4 Å². The minimum atomic E-state index is 0.375. The molecule has 2 N–H and O–H groups in total. The Bertz CT molecular complexity index is 348. The molecular formula is C14H20N2S.